The Hall–Kier alpha value is -1.34. The second kappa shape index (κ2) is 6.01. The van der Waals surface area contributed by atoms with E-state index in [0.717, 1.165) is 30.9 Å². The molecule has 0 aromatic carbocycles. The normalized spacial score (nSPS) is 12.8. The van der Waals surface area contributed by atoms with Crippen molar-refractivity contribution in [1.82, 2.24) is 29.7 Å². The number of hydrogen-bond donors (Lipinski definition) is 1. The van der Waals surface area contributed by atoms with E-state index in [-0.39, 0.29) is 6.04 Å². The van der Waals surface area contributed by atoms with Crippen LogP contribution in [0.2, 0.25) is 0 Å². The van der Waals surface area contributed by atoms with Crippen LogP contribution in [-0.4, -0.2) is 30.9 Å². The molecule has 0 saturated heterocycles. The lowest BCUT2D eigenvalue weighted by Crippen LogP contribution is -2.24. The lowest BCUT2D eigenvalue weighted by molar-refractivity contribution is 0.525. The highest BCUT2D eigenvalue weighted by atomic mass is 32.1. The van der Waals surface area contributed by atoms with E-state index in [4.69, 9.17) is 0 Å². The van der Waals surface area contributed by atoms with Crippen molar-refractivity contribution < 1.29 is 0 Å². The van der Waals surface area contributed by atoms with Gasteiger partial charge in [-0.25, -0.2) is 4.98 Å². The summed E-state index contributed by atoms with van der Waals surface area (Å²) in [4.78, 5) is 5.49. The Morgan fingerprint density at radius 1 is 1.44 bits per heavy atom. The van der Waals surface area contributed by atoms with Gasteiger partial charge in [-0.3, -0.25) is 4.68 Å². The van der Waals surface area contributed by atoms with Gasteiger partial charge in [-0.1, -0.05) is 18.3 Å². The predicted octanol–water partition coefficient (Wildman–Crippen LogP) is 1.12. The minimum Gasteiger partial charge on any atom is -0.309 e. The van der Waals surface area contributed by atoms with Gasteiger partial charge in [-0.15, -0.1) is 5.10 Å². The van der Waals surface area contributed by atoms with Crippen molar-refractivity contribution in [2.75, 3.05) is 6.54 Å². The van der Waals surface area contributed by atoms with Gasteiger partial charge in [0.25, 0.3) is 0 Å². The summed E-state index contributed by atoms with van der Waals surface area (Å²) in [5, 5.41) is 11.8. The van der Waals surface area contributed by atoms with Crippen molar-refractivity contribution in [3.05, 3.63) is 22.7 Å². The fourth-order valence-electron chi connectivity index (χ4n) is 1.92. The molecular formula is C11H18N6S. The smallest absolute Gasteiger partial charge is 0.138 e. The van der Waals surface area contributed by atoms with Crippen molar-refractivity contribution in [3.8, 4) is 0 Å². The Kier molecular flexibility index (Phi) is 4.38. The molecule has 0 bridgehead atoms. The number of aryl methyl sites for hydroxylation is 2. The fourth-order valence-corrected chi connectivity index (χ4v) is 2.73. The first-order chi connectivity index (χ1) is 8.76. The van der Waals surface area contributed by atoms with Crippen LogP contribution in [0.15, 0.2) is 6.33 Å². The molecule has 0 radical (unpaired) electrons. The zero-order chi connectivity index (χ0) is 13.0. The van der Waals surface area contributed by atoms with Gasteiger partial charge in [-0.05, 0) is 24.5 Å². The third-order valence-electron chi connectivity index (χ3n) is 2.88. The molecule has 2 heterocycles. The first-order valence-corrected chi connectivity index (χ1v) is 6.90. The molecule has 0 aliphatic heterocycles. The number of nitrogens with zero attached hydrogens (tertiary/aromatic N) is 5. The highest BCUT2D eigenvalue weighted by Gasteiger charge is 2.20. The second-order valence-electron chi connectivity index (χ2n) is 4.05. The first kappa shape index (κ1) is 13.1. The Balaban J connectivity index is 2.21. The zero-order valence-electron chi connectivity index (χ0n) is 10.9. The molecule has 2 aromatic heterocycles. The summed E-state index contributed by atoms with van der Waals surface area (Å²) >= 11 is 1.47. The highest BCUT2D eigenvalue weighted by Crippen LogP contribution is 2.23. The van der Waals surface area contributed by atoms with Crippen LogP contribution in [0.5, 0.6) is 0 Å². The minimum atomic E-state index is 0.216. The number of nitrogens with one attached hydrogen (secondary N) is 1. The summed E-state index contributed by atoms with van der Waals surface area (Å²) in [5.41, 5.74) is 1.08. The summed E-state index contributed by atoms with van der Waals surface area (Å²) in [6, 6.07) is 0.216. The standard InChI is InChI=1S/C11H18N6S/c1-4-8-11(18-16-15-8)9(12-5-2)6-10-13-7-14-17(10)3/h7,9,12H,4-6H2,1-3H3. The number of aromatic nitrogens is 5. The monoisotopic (exact) mass is 266 g/mol. The van der Waals surface area contributed by atoms with Gasteiger partial charge < -0.3 is 5.32 Å². The zero-order valence-corrected chi connectivity index (χ0v) is 11.7. The molecule has 2 aromatic rings. The fraction of sp³-hybridized carbons (Fsp3) is 0.636. The van der Waals surface area contributed by atoms with Crippen molar-refractivity contribution in [2.45, 2.75) is 32.7 Å². The molecule has 18 heavy (non-hydrogen) atoms. The van der Waals surface area contributed by atoms with E-state index >= 15 is 0 Å². The topological polar surface area (TPSA) is 68.5 Å². The largest absolute Gasteiger partial charge is 0.309 e. The number of rotatable bonds is 6. The minimum absolute atomic E-state index is 0.216. The number of hydrogen-bond acceptors (Lipinski definition) is 6. The summed E-state index contributed by atoms with van der Waals surface area (Å²) in [6.45, 7) is 5.11. The molecule has 0 amide bonds. The first-order valence-electron chi connectivity index (χ1n) is 6.13. The molecule has 0 spiro atoms. The van der Waals surface area contributed by atoms with Crippen LogP contribution in [-0.2, 0) is 19.9 Å². The lowest BCUT2D eigenvalue weighted by Gasteiger charge is -2.16. The third-order valence-corrected chi connectivity index (χ3v) is 3.76. The molecule has 1 atom stereocenters. The van der Waals surface area contributed by atoms with Crippen LogP contribution in [0, 0.1) is 0 Å². The summed E-state index contributed by atoms with van der Waals surface area (Å²) < 4.78 is 5.87. The Labute approximate surface area is 111 Å². The predicted molar refractivity (Wildman–Crippen MR) is 70.4 cm³/mol. The van der Waals surface area contributed by atoms with Gasteiger partial charge in [0, 0.05) is 13.5 Å². The van der Waals surface area contributed by atoms with Crippen LogP contribution in [0.1, 0.15) is 36.3 Å². The van der Waals surface area contributed by atoms with Gasteiger partial charge in [0.15, 0.2) is 0 Å². The van der Waals surface area contributed by atoms with Crippen LogP contribution in [0.25, 0.3) is 0 Å². The van der Waals surface area contributed by atoms with E-state index in [1.807, 2.05) is 11.7 Å². The second-order valence-corrected chi connectivity index (χ2v) is 4.84. The third kappa shape index (κ3) is 2.73. The van der Waals surface area contributed by atoms with Crippen LogP contribution in [0.3, 0.4) is 0 Å². The maximum Gasteiger partial charge on any atom is 0.138 e. The average Bonchev–Trinajstić information content (AvgIpc) is 2.98. The van der Waals surface area contributed by atoms with E-state index in [0.29, 0.717) is 0 Å². The lowest BCUT2D eigenvalue weighted by atomic mass is 10.1. The molecular weight excluding hydrogens is 248 g/mol. The van der Waals surface area contributed by atoms with Gasteiger partial charge in [0.1, 0.15) is 12.2 Å². The van der Waals surface area contributed by atoms with Crippen molar-refractivity contribution in [1.29, 1.82) is 0 Å². The van der Waals surface area contributed by atoms with Crippen molar-refractivity contribution in [2.24, 2.45) is 7.05 Å². The van der Waals surface area contributed by atoms with Gasteiger partial charge >= 0.3 is 0 Å². The van der Waals surface area contributed by atoms with E-state index < -0.39 is 0 Å². The molecule has 0 saturated carbocycles. The molecule has 7 heteroatoms. The maximum atomic E-state index is 4.28. The Bertz CT molecular complexity index is 491. The van der Waals surface area contributed by atoms with Crippen molar-refractivity contribution >= 4 is 11.5 Å². The van der Waals surface area contributed by atoms with Crippen LogP contribution < -0.4 is 5.32 Å². The Morgan fingerprint density at radius 2 is 2.28 bits per heavy atom. The highest BCUT2D eigenvalue weighted by molar-refractivity contribution is 7.05. The molecule has 98 valence electrons. The molecule has 0 aliphatic carbocycles. The SMILES string of the molecule is CCNC(Cc1ncnn1C)c1snnc1CC. The number of likely N-dealkylation sites (N-methyl/N-ethyl adjacent to an activating group) is 1. The molecule has 2 rings (SSSR count). The summed E-state index contributed by atoms with van der Waals surface area (Å²) in [5.74, 6) is 0.969. The Morgan fingerprint density at radius 3 is 2.89 bits per heavy atom. The summed E-state index contributed by atoms with van der Waals surface area (Å²) in [7, 11) is 1.91. The van der Waals surface area contributed by atoms with E-state index in [2.05, 4.69) is 38.8 Å². The van der Waals surface area contributed by atoms with E-state index in [9.17, 15) is 0 Å². The summed E-state index contributed by atoms with van der Waals surface area (Å²) in [6.07, 6.45) is 3.30. The molecule has 1 unspecified atom stereocenters. The average molecular weight is 266 g/mol. The molecule has 6 nitrogen and oxygen atoms in total. The quantitative estimate of drug-likeness (QED) is 0.848. The van der Waals surface area contributed by atoms with Gasteiger partial charge in [-0.2, -0.15) is 5.10 Å². The van der Waals surface area contributed by atoms with Gasteiger partial charge in [0.05, 0.1) is 16.6 Å². The molecule has 0 aliphatic rings. The van der Waals surface area contributed by atoms with Crippen LogP contribution in [0.4, 0.5) is 0 Å². The molecule has 1 N–H and O–H groups in total. The van der Waals surface area contributed by atoms with E-state index in [1.165, 1.54) is 16.4 Å². The maximum absolute atomic E-state index is 4.28. The van der Waals surface area contributed by atoms with E-state index in [1.54, 1.807) is 6.33 Å². The van der Waals surface area contributed by atoms with Gasteiger partial charge in [0.2, 0.25) is 0 Å². The van der Waals surface area contributed by atoms with Crippen LogP contribution >= 0.6 is 11.5 Å². The molecule has 0 fully saturated rings. The van der Waals surface area contributed by atoms with Crippen molar-refractivity contribution in [3.63, 3.8) is 0 Å².